The quantitative estimate of drug-likeness (QED) is 0.758. The molecule has 18 heavy (non-hydrogen) atoms. The first-order valence-electron chi connectivity index (χ1n) is 6.42. The Hall–Kier alpha value is -1.55. The molecule has 0 aliphatic carbocycles. The van der Waals surface area contributed by atoms with Crippen LogP contribution < -0.4 is 10.1 Å². The number of para-hydroxylation sites is 1. The third-order valence-corrected chi connectivity index (χ3v) is 3.25. The maximum absolute atomic E-state index is 10.8. The van der Waals surface area contributed by atoms with Gasteiger partial charge in [0.05, 0.1) is 6.61 Å². The molecule has 4 nitrogen and oxygen atoms in total. The second kappa shape index (κ2) is 6.40. The normalized spacial score (nSPS) is 22.9. The maximum atomic E-state index is 10.8. The van der Waals surface area contributed by atoms with Crippen molar-refractivity contribution in [1.82, 2.24) is 5.32 Å². The molecule has 1 aliphatic rings. The zero-order valence-corrected chi connectivity index (χ0v) is 10.3. The summed E-state index contributed by atoms with van der Waals surface area (Å²) in [6.45, 7) is 0.680. The molecule has 1 aliphatic heterocycles. The van der Waals surface area contributed by atoms with Crippen LogP contribution in [0.25, 0.3) is 0 Å². The summed E-state index contributed by atoms with van der Waals surface area (Å²) < 4.78 is 5.60. The summed E-state index contributed by atoms with van der Waals surface area (Å²) in [5, 5.41) is 12.0. The van der Waals surface area contributed by atoms with Gasteiger partial charge in [0.25, 0.3) is 0 Å². The van der Waals surface area contributed by atoms with Crippen LogP contribution in [0.3, 0.4) is 0 Å². The molecule has 0 aromatic heterocycles. The number of carbonyl (C=O) groups is 1. The van der Waals surface area contributed by atoms with Crippen LogP contribution in [-0.4, -0.2) is 29.8 Å². The first kappa shape index (κ1) is 12.9. The SMILES string of the molecule is O=C(O)C1CCC(CCCOc2ccccc2)N1. The molecule has 2 N–H and O–H groups in total. The van der Waals surface area contributed by atoms with Gasteiger partial charge in [0, 0.05) is 6.04 Å². The Bertz CT molecular complexity index is 380. The molecule has 2 atom stereocenters. The minimum atomic E-state index is -0.738. The second-order valence-electron chi connectivity index (χ2n) is 4.64. The highest BCUT2D eigenvalue weighted by Crippen LogP contribution is 2.17. The van der Waals surface area contributed by atoms with Gasteiger partial charge in [-0.05, 0) is 37.8 Å². The molecule has 1 heterocycles. The molecule has 4 heteroatoms. The zero-order valence-electron chi connectivity index (χ0n) is 10.3. The molecular weight excluding hydrogens is 230 g/mol. The van der Waals surface area contributed by atoms with E-state index in [0.29, 0.717) is 12.6 Å². The molecule has 0 saturated carbocycles. The third kappa shape index (κ3) is 3.74. The van der Waals surface area contributed by atoms with Crippen molar-refractivity contribution in [2.24, 2.45) is 0 Å². The molecule has 0 radical (unpaired) electrons. The first-order chi connectivity index (χ1) is 8.75. The standard InChI is InChI=1S/C14H19NO3/c16-14(17)13-9-8-11(15-13)5-4-10-18-12-6-2-1-3-7-12/h1-3,6-7,11,13,15H,4-5,8-10H2,(H,16,17). The van der Waals surface area contributed by atoms with Gasteiger partial charge in [-0.15, -0.1) is 0 Å². The van der Waals surface area contributed by atoms with Crippen molar-refractivity contribution in [3.8, 4) is 5.75 Å². The molecule has 1 aromatic carbocycles. The average molecular weight is 249 g/mol. The van der Waals surface area contributed by atoms with E-state index in [0.717, 1.165) is 31.4 Å². The lowest BCUT2D eigenvalue weighted by molar-refractivity contribution is -0.139. The number of rotatable bonds is 6. The van der Waals surface area contributed by atoms with Crippen molar-refractivity contribution >= 4 is 5.97 Å². The Morgan fingerprint density at radius 1 is 1.33 bits per heavy atom. The highest BCUT2D eigenvalue weighted by Gasteiger charge is 2.27. The number of aliphatic carboxylic acids is 1. The van der Waals surface area contributed by atoms with Gasteiger partial charge in [-0.1, -0.05) is 18.2 Å². The van der Waals surface area contributed by atoms with Crippen LogP contribution in [-0.2, 0) is 4.79 Å². The van der Waals surface area contributed by atoms with Crippen molar-refractivity contribution in [3.05, 3.63) is 30.3 Å². The molecule has 0 bridgehead atoms. The van der Waals surface area contributed by atoms with Crippen LogP contribution in [0.2, 0.25) is 0 Å². The van der Waals surface area contributed by atoms with Crippen molar-refractivity contribution in [2.45, 2.75) is 37.8 Å². The molecule has 1 saturated heterocycles. The molecule has 1 aromatic rings. The van der Waals surface area contributed by atoms with Crippen LogP contribution in [0.15, 0.2) is 30.3 Å². The molecule has 2 unspecified atom stereocenters. The van der Waals surface area contributed by atoms with Gasteiger partial charge in [-0.3, -0.25) is 4.79 Å². The molecule has 2 rings (SSSR count). The van der Waals surface area contributed by atoms with Crippen LogP contribution in [0.5, 0.6) is 5.75 Å². The molecule has 98 valence electrons. The summed E-state index contributed by atoms with van der Waals surface area (Å²) in [4.78, 5) is 10.8. The fourth-order valence-corrected chi connectivity index (χ4v) is 2.28. The lowest BCUT2D eigenvalue weighted by Gasteiger charge is -2.12. The Kier molecular flexibility index (Phi) is 4.59. The van der Waals surface area contributed by atoms with E-state index in [2.05, 4.69) is 5.32 Å². The number of carboxylic acids is 1. The van der Waals surface area contributed by atoms with E-state index in [-0.39, 0.29) is 6.04 Å². The highest BCUT2D eigenvalue weighted by molar-refractivity contribution is 5.73. The number of hydrogen-bond donors (Lipinski definition) is 2. The minimum absolute atomic E-state index is 0.325. The maximum Gasteiger partial charge on any atom is 0.320 e. The molecule has 0 spiro atoms. The number of ether oxygens (including phenoxy) is 1. The van der Waals surface area contributed by atoms with E-state index >= 15 is 0 Å². The number of hydrogen-bond acceptors (Lipinski definition) is 3. The summed E-state index contributed by atoms with van der Waals surface area (Å²) in [7, 11) is 0. The summed E-state index contributed by atoms with van der Waals surface area (Å²) in [6.07, 6.45) is 3.59. The van der Waals surface area contributed by atoms with Gasteiger partial charge in [-0.2, -0.15) is 0 Å². The van der Waals surface area contributed by atoms with Crippen LogP contribution >= 0.6 is 0 Å². The zero-order chi connectivity index (χ0) is 12.8. The predicted octanol–water partition coefficient (Wildman–Crippen LogP) is 2.05. The van der Waals surface area contributed by atoms with Crippen molar-refractivity contribution in [1.29, 1.82) is 0 Å². The van der Waals surface area contributed by atoms with Crippen molar-refractivity contribution in [3.63, 3.8) is 0 Å². The first-order valence-corrected chi connectivity index (χ1v) is 6.42. The fourth-order valence-electron chi connectivity index (χ4n) is 2.28. The highest BCUT2D eigenvalue weighted by atomic mass is 16.5. The summed E-state index contributed by atoms with van der Waals surface area (Å²) >= 11 is 0. The van der Waals surface area contributed by atoms with Gasteiger partial charge in [0.15, 0.2) is 0 Å². The van der Waals surface area contributed by atoms with Crippen LogP contribution in [0.1, 0.15) is 25.7 Å². The summed E-state index contributed by atoms with van der Waals surface area (Å²) in [6, 6.07) is 9.70. The van der Waals surface area contributed by atoms with Gasteiger partial charge in [0.1, 0.15) is 11.8 Å². The Labute approximate surface area is 107 Å². The topological polar surface area (TPSA) is 58.6 Å². The minimum Gasteiger partial charge on any atom is -0.494 e. The Morgan fingerprint density at radius 2 is 2.11 bits per heavy atom. The lowest BCUT2D eigenvalue weighted by Crippen LogP contribution is -2.35. The van der Waals surface area contributed by atoms with Crippen LogP contribution in [0, 0.1) is 0 Å². The Morgan fingerprint density at radius 3 is 2.78 bits per heavy atom. The predicted molar refractivity (Wildman–Crippen MR) is 68.8 cm³/mol. The van der Waals surface area contributed by atoms with E-state index in [1.807, 2.05) is 30.3 Å². The van der Waals surface area contributed by atoms with Gasteiger partial charge < -0.3 is 15.2 Å². The van der Waals surface area contributed by atoms with E-state index in [1.165, 1.54) is 0 Å². The van der Waals surface area contributed by atoms with E-state index < -0.39 is 5.97 Å². The van der Waals surface area contributed by atoms with Gasteiger partial charge in [-0.25, -0.2) is 0 Å². The van der Waals surface area contributed by atoms with Crippen molar-refractivity contribution < 1.29 is 14.6 Å². The fraction of sp³-hybridized carbons (Fsp3) is 0.500. The smallest absolute Gasteiger partial charge is 0.320 e. The van der Waals surface area contributed by atoms with Crippen LogP contribution in [0.4, 0.5) is 0 Å². The second-order valence-corrected chi connectivity index (χ2v) is 4.64. The summed E-state index contributed by atoms with van der Waals surface area (Å²) in [5.41, 5.74) is 0. The largest absolute Gasteiger partial charge is 0.494 e. The number of benzene rings is 1. The van der Waals surface area contributed by atoms with E-state index in [1.54, 1.807) is 0 Å². The van der Waals surface area contributed by atoms with Gasteiger partial charge >= 0.3 is 5.97 Å². The lowest BCUT2D eigenvalue weighted by atomic mass is 10.1. The van der Waals surface area contributed by atoms with E-state index in [4.69, 9.17) is 9.84 Å². The number of nitrogens with one attached hydrogen (secondary N) is 1. The van der Waals surface area contributed by atoms with Gasteiger partial charge in [0.2, 0.25) is 0 Å². The third-order valence-electron chi connectivity index (χ3n) is 3.25. The molecular formula is C14H19NO3. The average Bonchev–Trinajstić information content (AvgIpc) is 2.85. The molecule has 0 amide bonds. The molecule has 1 fully saturated rings. The monoisotopic (exact) mass is 249 g/mol. The van der Waals surface area contributed by atoms with Crippen molar-refractivity contribution in [2.75, 3.05) is 6.61 Å². The number of carboxylic acid groups (broad SMARTS) is 1. The van der Waals surface area contributed by atoms with E-state index in [9.17, 15) is 4.79 Å². The summed E-state index contributed by atoms with van der Waals surface area (Å²) in [5.74, 6) is 0.151. The Balaban J connectivity index is 1.61.